The first-order valence-electron chi connectivity index (χ1n) is 5.54. The van der Waals surface area contributed by atoms with Crippen LogP contribution >= 0.6 is 15.9 Å². The Bertz CT molecular complexity index is 552. The molecule has 0 heterocycles. The smallest absolute Gasteiger partial charge is 0.252 e. The summed E-state index contributed by atoms with van der Waals surface area (Å²) in [6.07, 6.45) is 0. The third-order valence-electron chi connectivity index (χ3n) is 2.55. The highest BCUT2D eigenvalue weighted by Gasteiger charge is 2.08. The summed E-state index contributed by atoms with van der Waals surface area (Å²) in [5.41, 5.74) is 7.97. The van der Waals surface area contributed by atoms with Crippen molar-refractivity contribution in [2.45, 2.75) is 6.54 Å². The third kappa shape index (κ3) is 3.11. The fourth-order valence-electron chi connectivity index (χ4n) is 1.56. The molecule has 0 saturated heterocycles. The maximum Gasteiger partial charge on any atom is 0.252 e. The molecule has 2 aromatic carbocycles. The zero-order chi connectivity index (χ0) is 13.0. The van der Waals surface area contributed by atoms with Crippen LogP contribution in [-0.2, 0) is 6.54 Å². The zero-order valence-electron chi connectivity index (χ0n) is 9.69. The highest BCUT2D eigenvalue weighted by atomic mass is 79.9. The Balaban J connectivity index is 2.01. The first kappa shape index (κ1) is 12.6. The predicted octanol–water partition coefficient (Wildman–Crippen LogP) is 2.96. The lowest BCUT2D eigenvalue weighted by atomic mass is 10.2. The van der Waals surface area contributed by atoms with Crippen LogP contribution in [0.15, 0.2) is 53.0 Å². The van der Waals surface area contributed by atoms with Gasteiger partial charge in [0.2, 0.25) is 0 Å². The van der Waals surface area contributed by atoms with Crippen molar-refractivity contribution in [3.05, 3.63) is 64.1 Å². The van der Waals surface area contributed by atoms with Gasteiger partial charge in [-0.1, -0.05) is 24.3 Å². The minimum absolute atomic E-state index is 0.0979. The van der Waals surface area contributed by atoms with Crippen LogP contribution in [-0.4, -0.2) is 5.91 Å². The molecule has 0 aromatic heterocycles. The van der Waals surface area contributed by atoms with E-state index in [-0.39, 0.29) is 5.91 Å². The van der Waals surface area contributed by atoms with Crippen molar-refractivity contribution in [3.8, 4) is 0 Å². The quantitative estimate of drug-likeness (QED) is 0.857. The Morgan fingerprint density at radius 2 is 1.78 bits per heavy atom. The number of amides is 1. The van der Waals surface area contributed by atoms with E-state index in [9.17, 15) is 4.79 Å². The summed E-state index contributed by atoms with van der Waals surface area (Å²) in [5, 5.41) is 2.87. The Kier molecular flexibility index (Phi) is 3.99. The minimum atomic E-state index is -0.0979. The third-order valence-corrected chi connectivity index (χ3v) is 3.24. The Morgan fingerprint density at radius 3 is 2.44 bits per heavy atom. The molecule has 0 aliphatic heterocycles. The molecule has 0 atom stereocenters. The van der Waals surface area contributed by atoms with E-state index in [0.717, 1.165) is 15.7 Å². The first-order chi connectivity index (χ1) is 8.66. The number of hydrogen-bond donors (Lipinski definition) is 2. The van der Waals surface area contributed by atoms with Crippen molar-refractivity contribution >= 4 is 27.5 Å². The number of halogens is 1. The summed E-state index contributed by atoms with van der Waals surface area (Å²) in [4.78, 5) is 11.9. The van der Waals surface area contributed by atoms with Crippen molar-refractivity contribution in [2.75, 3.05) is 5.73 Å². The Labute approximate surface area is 114 Å². The summed E-state index contributed by atoms with van der Waals surface area (Å²) >= 11 is 3.36. The molecule has 0 aliphatic carbocycles. The normalized spacial score (nSPS) is 10.1. The number of nitrogen functional groups attached to an aromatic ring is 1. The molecule has 2 rings (SSSR count). The number of nitrogens with one attached hydrogen (secondary N) is 1. The molecule has 3 N–H and O–H groups in total. The lowest BCUT2D eigenvalue weighted by molar-refractivity contribution is 0.0950. The standard InChI is InChI=1S/C14H13BrN2O/c15-13-4-2-1-3-12(13)14(18)17-9-10-5-7-11(16)8-6-10/h1-8H,9,16H2,(H,17,18). The summed E-state index contributed by atoms with van der Waals surface area (Å²) in [7, 11) is 0. The molecule has 0 unspecified atom stereocenters. The Hall–Kier alpha value is -1.81. The predicted molar refractivity (Wildman–Crippen MR) is 76.2 cm³/mol. The van der Waals surface area contributed by atoms with E-state index in [1.165, 1.54) is 0 Å². The number of nitrogens with two attached hydrogens (primary N) is 1. The molecule has 2 aromatic rings. The molecule has 0 fully saturated rings. The van der Waals surface area contributed by atoms with Gasteiger partial charge in [0.1, 0.15) is 0 Å². The summed E-state index contributed by atoms with van der Waals surface area (Å²) in [5.74, 6) is -0.0979. The molecule has 18 heavy (non-hydrogen) atoms. The van der Waals surface area contributed by atoms with Crippen molar-refractivity contribution in [3.63, 3.8) is 0 Å². The lowest BCUT2D eigenvalue weighted by Crippen LogP contribution is -2.23. The van der Waals surface area contributed by atoms with E-state index in [1.54, 1.807) is 6.07 Å². The zero-order valence-corrected chi connectivity index (χ0v) is 11.3. The van der Waals surface area contributed by atoms with Crippen LogP contribution < -0.4 is 11.1 Å². The summed E-state index contributed by atoms with van der Waals surface area (Å²) in [6, 6.07) is 14.8. The second-order valence-electron chi connectivity index (χ2n) is 3.90. The number of hydrogen-bond acceptors (Lipinski definition) is 2. The van der Waals surface area contributed by atoms with E-state index in [0.29, 0.717) is 12.1 Å². The van der Waals surface area contributed by atoms with Crippen LogP contribution in [0.4, 0.5) is 5.69 Å². The van der Waals surface area contributed by atoms with Gasteiger partial charge in [-0.15, -0.1) is 0 Å². The topological polar surface area (TPSA) is 55.1 Å². The maximum atomic E-state index is 11.9. The molecular weight excluding hydrogens is 292 g/mol. The van der Waals surface area contributed by atoms with Crippen molar-refractivity contribution in [2.24, 2.45) is 0 Å². The van der Waals surface area contributed by atoms with Gasteiger partial charge in [0.15, 0.2) is 0 Å². The van der Waals surface area contributed by atoms with E-state index in [2.05, 4.69) is 21.2 Å². The van der Waals surface area contributed by atoms with Crippen molar-refractivity contribution in [1.29, 1.82) is 0 Å². The van der Waals surface area contributed by atoms with Crippen LogP contribution in [0.25, 0.3) is 0 Å². The van der Waals surface area contributed by atoms with Gasteiger partial charge in [0.25, 0.3) is 5.91 Å². The molecular formula is C14H13BrN2O. The monoisotopic (exact) mass is 304 g/mol. The van der Waals surface area contributed by atoms with Crippen LogP contribution in [0, 0.1) is 0 Å². The minimum Gasteiger partial charge on any atom is -0.399 e. The van der Waals surface area contributed by atoms with Gasteiger partial charge in [-0.25, -0.2) is 0 Å². The highest BCUT2D eigenvalue weighted by molar-refractivity contribution is 9.10. The number of rotatable bonds is 3. The van der Waals surface area contributed by atoms with Gasteiger partial charge in [-0.2, -0.15) is 0 Å². The molecule has 0 spiro atoms. The van der Waals surface area contributed by atoms with E-state index < -0.39 is 0 Å². The molecule has 92 valence electrons. The number of anilines is 1. The molecule has 0 radical (unpaired) electrons. The largest absolute Gasteiger partial charge is 0.399 e. The van der Waals surface area contributed by atoms with Crippen molar-refractivity contribution < 1.29 is 4.79 Å². The molecule has 1 amide bonds. The number of carbonyl (C=O) groups excluding carboxylic acids is 1. The van der Waals surface area contributed by atoms with Gasteiger partial charge in [-0.3, -0.25) is 4.79 Å². The fraction of sp³-hybridized carbons (Fsp3) is 0.0714. The number of carbonyl (C=O) groups is 1. The van der Waals surface area contributed by atoms with Crippen molar-refractivity contribution in [1.82, 2.24) is 5.32 Å². The number of benzene rings is 2. The van der Waals surface area contributed by atoms with Gasteiger partial charge in [0.05, 0.1) is 5.56 Å². The SMILES string of the molecule is Nc1ccc(CNC(=O)c2ccccc2Br)cc1. The summed E-state index contributed by atoms with van der Waals surface area (Å²) < 4.78 is 0.791. The molecule has 3 nitrogen and oxygen atoms in total. The van der Waals surface area contributed by atoms with Gasteiger partial charge in [-0.05, 0) is 45.8 Å². The van der Waals surface area contributed by atoms with E-state index >= 15 is 0 Å². The van der Waals surface area contributed by atoms with Gasteiger partial charge >= 0.3 is 0 Å². The first-order valence-corrected chi connectivity index (χ1v) is 6.33. The second kappa shape index (κ2) is 5.69. The van der Waals surface area contributed by atoms with Crippen LogP contribution in [0.5, 0.6) is 0 Å². The molecule has 0 bridgehead atoms. The Morgan fingerprint density at radius 1 is 1.11 bits per heavy atom. The lowest BCUT2D eigenvalue weighted by Gasteiger charge is -2.07. The van der Waals surface area contributed by atoms with Gasteiger partial charge < -0.3 is 11.1 Å². The van der Waals surface area contributed by atoms with Crippen LogP contribution in [0.2, 0.25) is 0 Å². The average molecular weight is 305 g/mol. The second-order valence-corrected chi connectivity index (χ2v) is 4.76. The van der Waals surface area contributed by atoms with E-state index in [1.807, 2.05) is 42.5 Å². The van der Waals surface area contributed by atoms with Crippen LogP contribution in [0.3, 0.4) is 0 Å². The molecule has 0 aliphatic rings. The van der Waals surface area contributed by atoms with E-state index in [4.69, 9.17) is 5.73 Å². The maximum absolute atomic E-state index is 11.9. The fourth-order valence-corrected chi connectivity index (χ4v) is 2.02. The average Bonchev–Trinajstić information content (AvgIpc) is 2.38. The highest BCUT2D eigenvalue weighted by Crippen LogP contribution is 2.15. The molecule has 4 heteroatoms. The van der Waals surface area contributed by atoms with Gasteiger partial charge in [0, 0.05) is 16.7 Å². The van der Waals surface area contributed by atoms with Crippen LogP contribution in [0.1, 0.15) is 15.9 Å². The summed E-state index contributed by atoms with van der Waals surface area (Å²) in [6.45, 7) is 0.487. The molecule has 0 saturated carbocycles.